The molecule has 0 saturated carbocycles. The van der Waals surface area contributed by atoms with E-state index < -0.39 is 34.1 Å². The Bertz CT molecular complexity index is 1050. The summed E-state index contributed by atoms with van der Waals surface area (Å²) in [5.74, 6) is -0.763. The summed E-state index contributed by atoms with van der Waals surface area (Å²) >= 11 is 0. The van der Waals surface area contributed by atoms with Crippen molar-refractivity contribution < 1.29 is 18.0 Å². The topological polar surface area (TPSA) is 86.8 Å². The van der Waals surface area contributed by atoms with Gasteiger partial charge in [0.05, 0.1) is 11.9 Å². The van der Waals surface area contributed by atoms with Crippen LogP contribution in [-0.2, 0) is 26.2 Å². The molecule has 0 spiro atoms. The van der Waals surface area contributed by atoms with Gasteiger partial charge in [0.2, 0.25) is 21.8 Å². The first-order chi connectivity index (χ1) is 14.8. The number of amides is 2. The maximum Gasteiger partial charge on any atom is 0.244 e. The van der Waals surface area contributed by atoms with Gasteiger partial charge in [-0.15, -0.1) is 0 Å². The molecule has 2 rings (SSSR count). The minimum atomic E-state index is -3.73. The van der Waals surface area contributed by atoms with Gasteiger partial charge >= 0.3 is 0 Å². The molecule has 2 aromatic carbocycles. The van der Waals surface area contributed by atoms with Gasteiger partial charge < -0.3 is 10.2 Å². The lowest BCUT2D eigenvalue weighted by molar-refractivity contribution is -0.140. The van der Waals surface area contributed by atoms with E-state index >= 15 is 0 Å². The van der Waals surface area contributed by atoms with Gasteiger partial charge in [0.1, 0.15) is 12.6 Å². The van der Waals surface area contributed by atoms with Crippen molar-refractivity contribution in [2.45, 2.75) is 52.7 Å². The Morgan fingerprint density at radius 2 is 1.66 bits per heavy atom. The minimum absolute atomic E-state index is 0.184. The van der Waals surface area contributed by atoms with Crippen LogP contribution in [0.4, 0.5) is 5.69 Å². The molecule has 0 aliphatic rings. The number of carbonyl (C=O) groups excluding carboxylic acids is 2. The number of sulfonamides is 1. The van der Waals surface area contributed by atoms with E-state index in [0.29, 0.717) is 5.69 Å². The van der Waals surface area contributed by atoms with Crippen LogP contribution in [0, 0.1) is 6.92 Å². The number of benzene rings is 2. The Morgan fingerprint density at radius 1 is 1.03 bits per heavy atom. The number of aryl methyl sites for hydroxylation is 1. The molecule has 2 aromatic rings. The number of nitrogens with one attached hydrogen (secondary N) is 1. The number of hydrogen-bond donors (Lipinski definition) is 1. The first-order valence-corrected chi connectivity index (χ1v) is 12.3. The van der Waals surface area contributed by atoms with E-state index in [-0.39, 0.29) is 12.5 Å². The molecule has 8 heteroatoms. The monoisotopic (exact) mass is 459 g/mol. The molecule has 0 aliphatic carbocycles. The van der Waals surface area contributed by atoms with E-state index in [1.165, 1.54) is 4.90 Å². The first kappa shape index (κ1) is 25.4. The Kier molecular flexibility index (Phi) is 8.07. The number of hydrogen-bond acceptors (Lipinski definition) is 4. The van der Waals surface area contributed by atoms with Crippen molar-refractivity contribution in [3.05, 3.63) is 65.7 Å². The molecular weight excluding hydrogens is 426 g/mol. The van der Waals surface area contributed by atoms with E-state index in [4.69, 9.17) is 0 Å². The summed E-state index contributed by atoms with van der Waals surface area (Å²) in [5.41, 5.74) is 1.67. The number of rotatable bonds is 8. The van der Waals surface area contributed by atoms with Crippen LogP contribution < -0.4 is 9.62 Å². The summed E-state index contributed by atoms with van der Waals surface area (Å²) in [6.45, 7) is 8.89. The molecule has 0 bridgehead atoms. The molecule has 0 saturated heterocycles. The molecule has 0 aromatic heterocycles. The highest BCUT2D eigenvalue weighted by atomic mass is 32.2. The quantitative estimate of drug-likeness (QED) is 0.657. The molecule has 174 valence electrons. The fourth-order valence-corrected chi connectivity index (χ4v) is 4.08. The molecule has 0 aliphatic heterocycles. The van der Waals surface area contributed by atoms with Crippen LogP contribution in [-0.4, -0.2) is 49.5 Å². The lowest BCUT2D eigenvalue weighted by Crippen LogP contribution is -2.54. The average Bonchev–Trinajstić information content (AvgIpc) is 2.68. The van der Waals surface area contributed by atoms with Gasteiger partial charge in [-0.3, -0.25) is 13.9 Å². The summed E-state index contributed by atoms with van der Waals surface area (Å²) < 4.78 is 26.1. The zero-order chi connectivity index (χ0) is 24.1. The molecule has 7 nitrogen and oxygen atoms in total. The molecule has 1 N–H and O–H groups in total. The summed E-state index contributed by atoms with van der Waals surface area (Å²) in [7, 11) is -3.73. The Labute approximate surface area is 191 Å². The SMILES string of the molecule is Cc1cccc(N(CC(=O)N(Cc2ccccc2)[C@@H](C)C(=O)NC(C)(C)C)S(C)(=O)=O)c1. The highest BCUT2D eigenvalue weighted by molar-refractivity contribution is 7.92. The van der Waals surface area contributed by atoms with E-state index in [0.717, 1.165) is 21.7 Å². The minimum Gasteiger partial charge on any atom is -0.350 e. The summed E-state index contributed by atoms with van der Waals surface area (Å²) in [6, 6.07) is 15.5. The fourth-order valence-electron chi connectivity index (χ4n) is 3.23. The zero-order valence-corrected chi connectivity index (χ0v) is 20.4. The Morgan fingerprint density at radius 3 is 2.19 bits per heavy atom. The second kappa shape index (κ2) is 10.2. The van der Waals surface area contributed by atoms with Crippen LogP contribution in [0.1, 0.15) is 38.8 Å². The van der Waals surface area contributed by atoms with E-state index in [2.05, 4.69) is 5.32 Å². The maximum absolute atomic E-state index is 13.4. The molecular formula is C24H33N3O4S. The van der Waals surface area contributed by atoms with Crippen molar-refractivity contribution in [3.63, 3.8) is 0 Å². The van der Waals surface area contributed by atoms with Gasteiger partial charge in [0.15, 0.2) is 0 Å². The number of anilines is 1. The van der Waals surface area contributed by atoms with Gasteiger partial charge in [-0.1, -0.05) is 42.5 Å². The highest BCUT2D eigenvalue weighted by Gasteiger charge is 2.31. The predicted octanol–water partition coefficient (Wildman–Crippen LogP) is 3.09. The third-order valence-corrected chi connectivity index (χ3v) is 5.97. The van der Waals surface area contributed by atoms with Crippen LogP contribution in [0.25, 0.3) is 0 Å². The maximum atomic E-state index is 13.4. The van der Waals surface area contributed by atoms with Crippen LogP contribution in [0.3, 0.4) is 0 Å². The van der Waals surface area contributed by atoms with Crippen LogP contribution >= 0.6 is 0 Å². The molecule has 2 amide bonds. The van der Waals surface area contributed by atoms with Crippen molar-refractivity contribution in [1.29, 1.82) is 0 Å². The first-order valence-electron chi connectivity index (χ1n) is 10.5. The zero-order valence-electron chi connectivity index (χ0n) is 19.6. The molecule has 32 heavy (non-hydrogen) atoms. The lowest BCUT2D eigenvalue weighted by atomic mass is 10.1. The summed E-state index contributed by atoms with van der Waals surface area (Å²) in [6.07, 6.45) is 1.07. The number of carbonyl (C=O) groups is 2. The van der Waals surface area contributed by atoms with Crippen LogP contribution in [0.15, 0.2) is 54.6 Å². The highest BCUT2D eigenvalue weighted by Crippen LogP contribution is 2.20. The van der Waals surface area contributed by atoms with Crippen molar-refractivity contribution in [3.8, 4) is 0 Å². The van der Waals surface area contributed by atoms with Crippen molar-refractivity contribution >= 4 is 27.5 Å². The lowest BCUT2D eigenvalue weighted by Gasteiger charge is -2.33. The van der Waals surface area contributed by atoms with Crippen LogP contribution in [0.5, 0.6) is 0 Å². The second-order valence-corrected chi connectivity index (χ2v) is 10.9. The molecule has 0 heterocycles. The molecule has 0 unspecified atom stereocenters. The van der Waals surface area contributed by atoms with Crippen LogP contribution in [0.2, 0.25) is 0 Å². The largest absolute Gasteiger partial charge is 0.350 e. The van der Waals surface area contributed by atoms with E-state index in [1.807, 2.05) is 64.1 Å². The van der Waals surface area contributed by atoms with Crippen molar-refractivity contribution in [2.75, 3.05) is 17.1 Å². The fraction of sp³-hybridized carbons (Fsp3) is 0.417. The Hall–Kier alpha value is -2.87. The molecule has 0 fully saturated rings. The van der Waals surface area contributed by atoms with Gasteiger partial charge in [-0.05, 0) is 57.9 Å². The summed E-state index contributed by atoms with van der Waals surface area (Å²) in [5, 5.41) is 2.90. The third-order valence-electron chi connectivity index (χ3n) is 4.83. The van der Waals surface area contributed by atoms with Gasteiger partial charge in [-0.2, -0.15) is 0 Å². The normalized spacial score (nSPS) is 12.7. The predicted molar refractivity (Wildman–Crippen MR) is 128 cm³/mol. The van der Waals surface area contributed by atoms with Crippen molar-refractivity contribution in [2.24, 2.45) is 0 Å². The van der Waals surface area contributed by atoms with Crippen molar-refractivity contribution in [1.82, 2.24) is 10.2 Å². The summed E-state index contributed by atoms with van der Waals surface area (Å²) in [4.78, 5) is 27.7. The standard InChI is InChI=1S/C24H33N3O4S/c1-18-11-10-14-21(15-18)27(32(6,30)31)17-22(28)26(16-20-12-8-7-9-13-20)19(2)23(29)25-24(3,4)5/h7-15,19H,16-17H2,1-6H3,(H,25,29)/t19-/m0/s1. The van der Waals surface area contributed by atoms with E-state index in [9.17, 15) is 18.0 Å². The molecule has 1 atom stereocenters. The second-order valence-electron chi connectivity index (χ2n) is 9.03. The Balaban J connectivity index is 2.38. The van der Waals surface area contributed by atoms with Gasteiger partial charge in [0.25, 0.3) is 0 Å². The van der Waals surface area contributed by atoms with Gasteiger partial charge in [-0.25, -0.2) is 8.42 Å². The number of nitrogens with zero attached hydrogens (tertiary/aromatic N) is 2. The molecule has 0 radical (unpaired) electrons. The average molecular weight is 460 g/mol. The van der Waals surface area contributed by atoms with E-state index in [1.54, 1.807) is 25.1 Å². The smallest absolute Gasteiger partial charge is 0.244 e. The third kappa shape index (κ3) is 7.37. The van der Waals surface area contributed by atoms with Gasteiger partial charge in [0, 0.05) is 12.1 Å².